The van der Waals surface area contributed by atoms with Gasteiger partial charge in [-0.3, -0.25) is 0 Å². The van der Waals surface area contributed by atoms with Gasteiger partial charge in [0.15, 0.2) is 5.58 Å². The van der Waals surface area contributed by atoms with E-state index in [0.29, 0.717) is 0 Å². The van der Waals surface area contributed by atoms with Crippen molar-refractivity contribution in [1.82, 2.24) is 0 Å². The molecule has 306 valence electrons. The predicted molar refractivity (Wildman–Crippen MR) is 265 cm³/mol. The van der Waals surface area contributed by atoms with Crippen molar-refractivity contribution in [2.75, 3.05) is 9.80 Å². The second-order valence-electron chi connectivity index (χ2n) is 18.4. The molecule has 2 heterocycles. The molecular weight excluding hydrogens is 781 g/mol. The zero-order valence-corrected chi connectivity index (χ0v) is 36.2. The van der Waals surface area contributed by atoms with Crippen molar-refractivity contribution in [3.8, 4) is 22.3 Å². The normalized spacial score (nSPS) is 14.2. The van der Waals surface area contributed by atoms with Crippen molar-refractivity contribution < 1.29 is 8.83 Å². The molecular formula is C60H44N2O2. The summed E-state index contributed by atoms with van der Waals surface area (Å²) in [6.45, 7) is 9.70. The number of rotatable bonds is 6. The fourth-order valence-electron chi connectivity index (χ4n) is 11.4. The van der Waals surface area contributed by atoms with E-state index in [9.17, 15) is 0 Å². The molecule has 0 atom stereocenters. The van der Waals surface area contributed by atoms with E-state index in [1.165, 1.54) is 44.5 Å². The number of fused-ring (bicyclic) bond motifs is 15. The molecule has 0 aliphatic heterocycles. The van der Waals surface area contributed by atoms with Crippen LogP contribution in [0.3, 0.4) is 0 Å². The van der Waals surface area contributed by atoms with Crippen LogP contribution < -0.4 is 9.80 Å². The minimum atomic E-state index is -0.392. The van der Waals surface area contributed by atoms with Gasteiger partial charge in [0, 0.05) is 55.3 Å². The fraction of sp³-hybridized carbons (Fsp3) is 0.100. The molecule has 13 rings (SSSR count). The first-order valence-corrected chi connectivity index (χ1v) is 22.3. The van der Waals surface area contributed by atoms with Crippen LogP contribution in [0.5, 0.6) is 0 Å². The Hall–Kier alpha value is -7.82. The van der Waals surface area contributed by atoms with Crippen LogP contribution in [-0.2, 0) is 10.8 Å². The first-order valence-electron chi connectivity index (χ1n) is 22.3. The van der Waals surface area contributed by atoms with Crippen LogP contribution in [0.4, 0.5) is 34.1 Å². The molecule has 0 saturated heterocycles. The Balaban J connectivity index is 1.10. The van der Waals surface area contributed by atoms with Gasteiger partial charge in [-0.25, -0.2) is 0 Å². The van der Waals surface area contributed by atoms with Crippen molar-refractivity contribution in [3.05, 3.63) is 216 Å². The zero-order chi connectivity index (χ0) is 42.9. The molecule has 2 aromatic heterocycles. The molecule has 0 N–H and O–H groups in total. The summed E-state index contributed by atoms with van der Waals surface area (Å²) in [5, 5.41) is 4.50. The second-order valence-corrected chi connectivity index (χ2v) is 18.4. The lowest BCUT2D eigenvalue weighted by molar-refractivity contribution is 0.600. The van der Waals surface area contributed by atoms with Crippen molar-refractivity contribution >= 4 is 78.0 Å². The smallest absolute Gasteiger partial charge is 0.160 e. The van der Waals surface area contributed by atoms with Crippen LogP contribution in [0, 0.1) is 0 Å². The average Bonchev–Trinajstić information content (AvgIpc) is 4.04. The van der Waals surface area contributed by atoms with Crippen LogP contribution in [0.1, 0.15) is 49.9 Å². The monoisotopic (exact) mass is 824 g/mol. The number of para-hydroxylation sites is 6. The molecule has 0 spiro atoms. The van der Waals surface area contributed by atoms with Crippen molar-refractivity contribution in [2.45, 2.75) is 38.5 Å². The lowest BCUT2D eigenvalue weighted by Crippen LogP contribution is -2.24. The third kappa shape index (κ3) is 4.99. The maximum atomic E-state index is 7.12. The van der Waals surface area contributed by atoms with E-state index in [4.69, 9.17) is 8.83 Å². The quantitative estimate of drug-likeness (QED) is 0.167. The Labute approximate surface area is 372 Å². The SMILES string of the molecule is CC1(C)c2cc(N(c3ccccc3)c3ccccc3)c3c(oc4ccccc43)c2-c2ccc3c(c21)C(C)(C)c1cc(N(c2ccccc2)c2ccccc2)c2oc4ccccc4c2c1-3. The van der Waals surface area contributed by atoms with Crippen LogP contribution in [0.25, 0.3) is 66.1 Å². The summed E-state index contributed by atoms with van der Waals surface area (Å²) in [6.07, 6.45) is 0. The molecule has 2 aliphatic rings. The van der Waals surface area contributed by atoms with Gasteiger partial charge in [0.05, 0.1) is 16.8 Å². The van der Waals surface area contributed by atoms with Crippen LogP contribution >= 0.6 is 0 Å². The number of furan rings is 2. The Bertz CT molecular complexity index is 3580. The van der Waals surface area contributed by atoms with Gasteiger partial charge in [0.25, 0.3) is 0 Å². The van der Waals surface area contributed by atoms with Crippen molar-refractivity contribution in [2.24, 2.45) is 0 Å². The summed E-state index contributed by atoms with van der Waals surface area (Å²) < 4.78 is 14.1. The van der Waals surface area contributed by atoms with Gasteiger partial charge in [0.1, 0.15) is 16.7 Å². The molecule has 0 amide bonds. The van der Waals surface area contributed by atoms with E-state index in [1.54, 1.807) is 0 Å². The average molecular weight is 825 g/mol. The van der Waals surface area contributed by atoms with Crippen LogP contribution in [0.2, 0.25) is 0 Å². The fourth-order valence-corrected chi connectivity index (χ4v) is 11.4. The van der Waals surface area contributed by atoms with Gasteiger partial charge in [-0.15, -0.1) is 0 Å². The predicted octanol–water partition coefficient (Wildman–Crippen LogP) is 17.0. The molecule has 0 fully saturated rings. The number of anilines is 6. The summed E-state index contributed by atoms with van der Waals surface area (Å²) in [5.41, 5.74) is 19.5. The third-order valence-electron chi connectivity index (χ3n) is 14.1. The summed E-state index contributed by atoms with van der Waals surface area (Å²) in [5.74, 6) is 0. The Morgan fingerprint density at radius 3 is 1.23 bits per heavy atom. The molecule has 11 aromatic rings. The van der Waals surface area contributed by atoms with Gasteiger partial charge < -0.3 is 18.6 Å². The van der Waals surface area contributed by atoms with E-state index < -0.39 is 5.41 Å². The highest BCUT2D eigenvalue weighted by atomic mass is 16.3. The molecule has 64 heavy (non-hydrogen) atoms. The topological polar surface area (TPSA) is 32.8 Å². The number of hydrogen-bond donors (Lipinski definition) is 0. The Kier molecular flexibility index (Phi) is 7.67. The third-order valence-corrected chi connectivity index (χ3v) is 14.1. The van der Waals surface area contributed by atoms with E-state index in [2.05, 4.69) is 232 Å². The van der Waals surface area contributed by atoms with Crippen molar-refractivity contribution in [3.63, 3.8) is 0 Å². The number of benzene rings is 9. The number of nitrogens with zero attached hydrogens (tertiary/aromatic N) is 2. The zero-order valence-electron chi connectivity index (χ0n) is 36.2. The highest BCUT2D eigenvalue weighted by Crippen LogP contribution is 2.64. The van der Waals surface area contributed by atoms with Gasteiger partial charge in [-0.2, -0.15) is 0 Å². The second kappa shape index (κ2) is 13.3. The molecule has 4 heteroatoms. The van der Waals surface area contributed by atoms with E-state index >= 15 is 0 Å². The van der Waals surface area contributed by atoms with Gasteiger partial charge >= 0.3 is 0 Å². The first kappa shape index (κ1) is 36.8. The highest BCUT2D eigenvalue weighted by molar-refractivity contribution is 6.21. The molecule has 2 aliphatic carbocycles. The standard InChI is InChI=1S/C60H44N2O2/c1-59(2)45-36-48(62(39-25-13-7-14-26-39)40-27-15-8-16-28-40)57-54(42-30-18-20-32-50(42)63-57)51(45)43-33-34-44-52-46(60(3,4)56(44)55(43)59)35-47(53-41-29-17-19-31-49(41)64-58(52)53)61(37-21-9-5-10-22-37)38-23-11-6-12-24-38/h5-36H,1-4H3. The summed E-state index contributed by atoms with van der Waals surface area (Å²) in [6, 6.07) is 69.5. The van der Waals surface area contributed by atoms with Crippen molar-refractivity contribution in [1.29, 1.82) is 0 Å². The minimum Gasteiger partial charge on any atom is -0.455 e. The largest absolute Gasteiger partial charge is 0.455 e. The van der Waals surface area contributed by atoms with E-state index in [0.717, 1.165) is 78.0 Å². The summed E-state index contributed by atoms with van der Waals surface area (Å²) in [7, 11) is 0. The van der Waals surface area contributed by atoms with E-state index in [1.807, 2.05) is 0 Å². The summed E-state index contributed by atoms with van der Waals surface area (Å²) >= 11 is 0. The molecule has 0 saturated carbocycles. The Morgan fingerprint density at radius 1 is 0.359 bits per heavy atom. The lowest BCUT2D eigenvalue weighted by atomic mass is 9.72. The maximum Gasteiger partial charge on any atom is 0.160 e. The molecule has 0 bridgehead atoms. The minimum absolute atomic E-state index is 0.383. The molecule has 0 unspecified atom stereocenters. The molecule has 4 nitrogen and oxygen atoms in total. The molecule has 0 radical (unpaired) electrons. The summed E-state index contributed by atoms with van der Waals surface area (Å²) in [4.78, 5) is 4.76. The van der Waals surface area contributed by atoms with Gasteiger partial charge in [0.2, 0.25) is 0 Å². The number of hydrogen-bond acceptors (Lipinski definition) is 4. The van der Waals surface area contributed by atoms with Gasteiger partial charge in [-0.05, 0) is 112 Å². The van der Waals surface area contributed by atoms with Gasteiger partial charge in [-0.1, -0.05) is 149 Å². The van der Waals surface area contributed by atoms with E-state index in [-0.39, 0.29) is 5.41 Å². The lowest BCUT2D eigenvalue weighted by Gasteiger charge is -2.32. The molecule has 9 aromatic carbocycles. The maximum absolute atomic E-state index is 7.12. The highest BCUT2D eigenvalue weighted by Gasteiger charge is 2.48. The first-order chi connectivity index (χ1) is 31.3. The van der Waals surface area contributed by atoms with Crippen LogP contribution in [-0.4, -0.2) is 0 Å². The Morgan fingerprint density at radius 2 is 0.734 bits per heavy atom. The van der Waals surface area contributed by atoms with Crippen LogP contribution in [0.15, 0.2) is 203 Å².